The number of nitrogens with two attached hydrogens (primary N) is 1. The molecular formula is C6H14N2O. The summed E-state index contributed by atoms with van der Waals surface area (Å²) >= 11 is 0. The Morgan fingerprint density at radius 2 is 2.44 bits per heavy atom. The molecule has 0 aromatic rings. The molecule has 9 heavy (non-hydrogen) atoms. The number of nitrogens with one attached hydrogen (secondary N) is 1. The molecule has 4 N–H and O–H groups in total. The molecule has 0 saturated heterocycles. The van der Waals surface area contributed by atoms with Crippen molar-refractivity contribution >= 4 is 0 Å². The van der Waals surface area contributed by atoms with E-state index >= 15 is 0 Å². The van der Waals surface area contributed by atoms with E-state index in [1.165, 1.54) is 0 Å². The number of allylic oxidation sites excluding steroid dienone is 1. The third-order valence-electron chi connectivity index (χ3n) is 0.972. The lowest BCUT2D eigenvalue weighted by Crippen LogP contribution is -2.29. The molecule has 0 fully saturated rings. The first-order chi connectivity index (χ1) is 4.16. The maximum absolute atomic E-state index is 8.70. The van der Waals surface area contributed by atoms with Crippen molar-refractivity contribution in [3.05, 3.63) is 11.8 Å². The maximum atomic E-state index is 8.70. The summed E-state index contributed by atoms with van der Waals surface area (Å²) < 4.78 is 0. The van der Waals surface area contributed by atoms with Gasteiger partial charge in [0.2, 0.25) is 0 Å². The van der Waals surface area contributed by atoms with Crippen LogP contribution in [0.15, 0.2) is 11.8 Å². The van der Waals surface area contributed by atoms with Crippen LogP contribution < -0.4 is 11.1 Å². The minimum atomic E-state index is -0.483. The molecule has 0 aromatic heterocycles. The fourth-order valence-corrected chi connectivity index (χ4v) is 0.368. The van der Waals surface area contributed by atoms with Crippen molar-refractivity contribution in [3.8, 4) is 0 Å². The van der Waals surface area contributed by atoms with E-state index in [1.807, 2.05) is 6.92 Å². The number of rotatable bonds is 3. The van der Waals surface area contributed by atoms with Crippen molar-refractivity contribution in [2.24, 2.45) is 5.73 Å². The van der Waals surface area contributed by atoms with E-state index < -0.39 is 6.23 Å². The highest BCUT2D eigenvalue weighted by atomic mass is 16.3. The van der Waals surface area contributed by atoms with Crippen LogP contribution in [0.4, 0.5) is 0 Å². The van der Waals surface area contributed by atoms with Gasteiger partial charge in [-0.3, -0.25) is 5.32 Å². The zero-order chi connectivity index (χ0) is 7.28. The molecule has 0 aliphatic heterocycles. The van der Waals surface area contributed by atoms with E-state index in [0.29, 0.717) is 6.54 Å². The molecule has 0 saturated carbocycles. The summed E-state index contributed by atoms with van der Waals surface area (Å²) in [5.41, 5.74) is 6.15. The molecule has 0 spiro atoms. The van der Waals surface area contributed by atoms with E-state index in [4.69, 9.17) is 10.8 Å². The van der Waals surface area contributed by atoms with Gasteiger partial charge in [0.15, 0.2) is 0 Å². The zero-order valence-corrected chi connectivity index (χ0v) is 5.89. The van der Waals surface area contributed by atoms with Crippen molar-refractivity contribution in [1.29, 1.82) is 0 Å². The Balaban J connectivity index is 3.28. The summed E-state index contributed by atoms with van der Waals surface area (Å²) in [4.78, 5) is 0. The van der Waals surface area contributed by atoms with Gasteiger partial charge in [-0.25, -0.2) is 0 Å². The second-order valence-electron chi connectivity index (χ2n) is 1.92. The number of hydrogen-bond donors (Lipinski definition) is 3. The molecule has 54 valence electrons. The lowest BCUT2D eigenvalue weighted by Gasteiger charge is -2.05. The van der Waals surface area contributed by atoms with Gasteiger partial charge >= 0.3 is 0 Å². The van der Waals surface area contributed by atoms with E-state index in [9.17, 15) is 0 Å². The predicted octanol–water partition coefficient (Wildman–Crippen LogP) is -0.223. The smallest absolute Gasteiger partial charge is 0.102 e. The molecule has 0 aliphatic rings. The molecule has 0 heterocycles. The second-order valence-corrected chi connectivity index (χ2v) is 1.92. The van der Waals surface area contributed by atoms with E-state index in [-0.39, 0.29) is 0 Å². The van der Waals surface area contributed by atoms with Crippen LogP contribution in [0.5, 0.6) is 0 Å². The molecular weight excluding hydrogens is 116 g/mol. The van der Waals surface area contributed by atoms with Gasteiger partial charge in [0, 0.05) is 12.2 Å². The van der Waals surface area contributed by atoms with Crippen molar-refractivity contribution in [2.45, 2.75) is 20.1 Å². The number of hydrogen-bond acceptors (Lipinski definition) is 3. The number of aliphatic hydroxyl groups excluding tert-OH is 1. The number of aliphatic hydroxyl groups is 1. The topological polar surface area (TPSA) is 58.3 Å². The minimum absolute atomic E-state index is 0.483. The van der Waals surface area contributed by atoms with E-state index in [0.717, 1.165) is 5.70 Å². The lowest BCUT2D eigenvalue weighted by molar-refractivity contribution is 0.160. The molecule has 0 rings (SSSR count). The van der Waals surface area contributed by atoms with Crippen LogP contribution in [0, 0.1) is 0 Å². The molecule has 0 bridgehead atoms. The summed E-state index contributed by atoms with van der Waals surface area (Å²) in [5.74, 6) is 0. The molecule has 3 nitrogen and oxygen atoms in total. The SMILES string of the molecule is C/C=C(\N)CNC(C)O. The molecule has 3 heteroatoms. The first-order valence-corrected chi connectivity index (χ1v) is 2.99. The monoisotopic (exact) mass is 130 g/mol. The van der Waals surface area contributed by atoms with Crippen LogP contribution >= 0.6 is 0 Å². The van der Waals surface area contributed by atoms with Gasteiger partial charge in [-0.1, -0.05) is 6.08 Å². The summed E-state index contributed by atoms with van der Waals surface area (Å²) in [6, 6.07) is 0. The summed E-state index contributed by atoms with van der Waals surface area (Å²) in [7, 11) is 0. The highest BCUT2D eigenvalue weighted by Crippen LogP contribution is 1.79. The molecule has 0 radical (unpaired) electrons. The Bertz CT molecular complexity index is 99.2. The van der Waals surface area contributed by atoms with Gasteiger partial charge in [0.25, 0.3) is 0 Å². The maximum Gasteiger partial charge on any atom is 0.102 e. The second kappa shape index (κ2) is 4.35. The normalized spacial score (nSPS) is 15.7. The van der Waals surface area contributed by atoms with Gasteiger partial charge in [-0.2, -0.15) is 0 Å². The quantitative estimate of drug-likeness (QED) is 0.463. The fourth-order valence-electron chi connectivity index (χ4n) is 0.368. The third-order valence-corrected chi connectivity index (χ3v) is 0.972. The molecule has 0 amide bonds. The highest BCUT2D eigenvalue weighted by molar-refractivity contribution is 4.95. The van der Waals surface area contributed by atoms with Crippen LogP contribution in [-0.2, 0) is 0 Å². The molecule has 0 aromatic carbocycles. The van der Waals surface area contributed by atoms with Crippen molar-refractivity contribution in [3.63, 3.8) is 0 Å². The highest BCUT2D eigenvalue weighted by Gasteiger charge is 1.91. The molecule has 0 aliphatic carbocycles. The summed E-state index contributed by atoms with van der Waals surface area (Å²) in [5, 5.41) is 11.5. The van der Waals surface area contributed by atoms with Gasteiger partial charge in [0.05, 0.1) is 0 Å². The van der Waals surface area contributed by atoms with Crippen LogP contribution in [0.2, 0.25) is 0 Å². The standard InChI is InChI=1S/C6H14N2O/c1-3-6(7)4-8-5(2)9/h3,5,8-9H,4,7H2,1-2H3/b6-3-. The largest absolute Gasteiger partial charge is 0.401 e. The van der Waals surface area contributed by atoms with Gasteiger partial charge in [0.1, 0.15) is 6.23 Å². The predicted molar refractivity (Wildman–Crippen MR) is 37.6 cm³/mol. The fraction of sp³-hybridized carbons (Fsp3) is 0.667. The van der Waals surface area contributed by atoms with E-state index in [1.54, 1.807) is 13.0 Å². The summed E-state index contributed by atoms with van der Waals surface area (Å²) in [6.45, 7) is 4.07. The Kier molecular flexibility index (Phi) is 4.09. The first-order valence-electron chi connectivity index (χ1n) is 2.99. The average Bonchev–Trinajstić information content (AvgIpc) is 1.83. The van der Waals surface area contributed by atoms with Crippen molar-refractivity contribution < 1.29 is 5.11 Å². The Hall–Kier alpha value is -0.540. The van der Waals surface area contributed by atoms with Crippen LogP contribution in [0.25, 0.3) is 0 Å². The van der Waals surface area contributed by atoms with Crippen molar-refractivity contribution in [2.75, 3.05) is 6.54 Å². The Labute approximate surface area is 55.6 Å². The Morgan fingerprint density at radius 3 is 2.78 bits per heavy atom. The third kappa shape index (κ3) is 5.33. The minimum Gasteiger partial charge on any atom is -0.401 e. The lowest BCUT2D eigenvalue weighted by atomic mass is 10.4. The average molecular weight is 130 g/mol. The summed E-state index contributed by atoms with van der Waals surface area (Å²) in [6.07, 6.45) is 1.32. The van der Waals surface area contributed by atoms with Crippen LogP contribution in [0.1, 0.15) is 13.8 Å². The van der Waals surface area contributed by atoms with Gasteiger partial charge in [-0.05, 0) is 13.8 Å². The van der Waals surface area contributed by atoms with E-state index in [2.05, 4.69) is 5.32 Å². The van der Waals surface area contributed by atoms with Gasteiger partial charge in [-0.15, -0.1) is 0 Å². The van der Waals surface area contributed by atoms with Crippen molar-refractivity contribution in [1.82, 2.24) is 5.32 Å². The van der Waals surface area contributed by atoms with Crippen LogP contribution in [0.3, 0.4) is 0 Å². The van der Waals surface area contributed by atoms with Gasteiger partial charge < -0.3 is 10.8 Å². The Morgan fingerprint density at radius 1 is 1.89 bits per heavy atom. The zero-order valence-electron chi connectivity index (χ0n) is 5.89. The molecule has 1 unspecified atom stereocenters. The van der Waals surface area contributed by atoms with Crippen LogP contribution in [-0.4, -0.2) is 17.9 Å². The molecule has 1 atom stereocenters. The first kappa shape index (κ1) is 8.46.